The highest BCUT2D eigenvalue weighted by atomic mass is 35.5. The fourth-order valence-corrected chi connectivity index (χ4v) is 5.15. The Hall–Kier alpha value is -4.05. The minimum Gasteiger partial charge on any atom is -0.497 e. The number of furan rings is 1. The molecule has 4 aromatic rings. The maximum atomic E-state index is 12.9. The second kappa shape index (κ2) is 12.0. The van der Waals surface area contributed by atoms with Gasteiger partial charge in [0.25, 0.3) is 11.6 Å². The molecule has 0 radical (unpaired) electrons. The number of piperazine rings is 1. The fraction of sp³-hybridized carbons (Fsp3) is 0.207. The van der Waals surface area contributed by atoms with Gasteiger partial charge in [0.1, 0.15) is 11.5 Å². The summed E-state index contributed by atoms with van der Waals surface area (Å²) in [6.45, 7) is 4.15. The number of hydrogen-bond acceptors (Lipinski definition) is 7. The number of nitro benzene ring substituents is 1. The first kappa shape index (κ1) is 27.5. The topological polar surface area (TPSA) is 101 Å². The van der Waals surface area contributed by atoms with Crippen LogP contribution in [0.3, 0.4) is 0 Å². The van der Waals surface area contributed by atoms with Gasteiger partial charge >= 0.3 is 0 Å². The Morgan fingerprint density at radius 2 is 1.77 bits per heavy atom. The predicted octanol–water partition coefficient (Wildman–Crippen LogP) is 6.74. The predicted molar refractivity (Wildman–Crippen MR) is 156 cm³/mol. The first-order valence-electron chi connectivity index (χ1n) is 12.6. The highest BCUT2D eigenvalue weighted by molar-refractivity contribution is 6.33. The number of anilines is 2. The fourth-order valence-electron chi connectivity index (χ4n) is 4.65. The molecule has 206 valence electrons. The van der Waals surface area contributed by atoms with Gasteiger partial charge in [0.05, 0.1) is 34.4 Å². The third kappa shape index (κ3) is 6.07. The van der Waals surface area contributed by atoms with E-state index in [9.17, 15) is 14.9 Å². The van der Waals surface area contributed by atoms with E-state index in [0.29, 0.717) is 16.5 Å². The van der Waals surface area contributed by atoms with Crippen molar-refractivity contribution >= 4 is 46.2 Å². The Labute approximate surface area is 241 Å². The van der Waals surface area contributed by atoms with Crippen molar-refractivity contribution in [3.05, 3.63) is 104 Å². The Morgan fingerprint density at radius 3 is 2.48 bits per heavy atom. The van der Waals surface area contributed by atoms with Gasteiger partial charge in [-0.3, -0.25) is 19.8 Å². The van der Waals surface area contributed by atoms with E-state index >= 15 is 0 Å². The minimum atomic E-state index is -0.525. The number of methoxy groups -OCH3 is 1. The van der Waals surface area contributed by atoms with Crippen LogP contribution in [0.4, 0.5) is 17.1 Å². The molecular formula is C29H26Cl2N4O5. The number of rotatable bonds is 8. The molecule has 0 aliphatic carbocycles. The quantitative estimate of drug-likeness (QED) is 0.182. The molecule has 1 amide bonds. The minimum absolute atomic E-state index is 0.00922. The zero-order chi connectivity index (χ0) is 28.2. The van der Waals surface area contributed by atoms with Gasteiger partial charge in [-0.1, -0.05) is 41.4 Å². The average Bonchev–Trinajstić information content (AvgIpc) is 3.45. The highest BCUT2D eigenvalue weighted by Gasteiger charge is 2.22. The molecule has 11 heteroatoms. The molecule has 0 unspecified atom stereocenters. The van der Waals surface area contributed by atoms with E-state index in [1.807, 2.05) is 30.3 Å². The smallest absolute Gasteiger partial charge is 0.291 e. The summed E-state index contributed by atoms with van der Waals surface area (Å²) in [4.78, 5) is 28.4. The molecular weight excluding hydrogens is 555 g/mol. The molecule has 0 spiro atoms. The van der Waals surface area contributed by atoms with Crippen LogP contribution in [0.2, 0.25) is 10.0 Å². The van der Waals surface area contributed by atoms with Crippen LogP contribution in [0.25, 0.3) is 11.3 Å². The van der Waals surface area contributed by atoms with E-state index in [-0.39, 0.29) is 22.8 Å². The number of nitrogens with zero attached hydrogens (tertiary/aromatic N) is 3. The summed E-state index contributed by atoms with van der Waals surface area (Å²) in [6.07, 6.45) is 0. The molecule has 1 saturated heterocycles. The lowest BCUT2D eigenvalue weighted by atomic mass is 10.1. The third-order valence-corrected chi connectivity index (χ3v) is 7.44. The molecule has 0 bridgehead atoms. The molecule has 0 saturated carbocycles. The number of nitrogens with one attached hydrogen (secondary N) is 1. The number of carbonyl (C=O) groups excluding carboxylic acids is 1. The van der Waals surface area contributed by atoms with Crippen molar-refractivity contribution in [2.75, 3.05) is 43.5 Å². The second-order valence-electron chi connectivity index (χ2n) is 9.28. The number of hydrogen-bond donors (Lipinski definition) is 1. The van der Waals surface area contributed by atoms with Crippen molar-refractivity contribution in [3.8, 4) is 17.1 Å². The summed E-state index contributed by atoms with van der Waals surface area (Å²) in [7, 11) is 1.43. The normalized spacial score (nSPS) is 13.7. The van der Waals surface area contributed by atoms with Crippen LogP contribution in [-0.4, -0.2) is 49.0 Å². The summed E-state index contributed by atoms with van der Waals surface area (Å²) in [6, 6.07) is 20.7. The number of amides is 1. The summed E-state index contributed by atoms with van der Waals surface area (Å²) >= 11 is 12.9. The lowest BCUT2D eigenvalue weighted by molar-refractivity contribution is -0.384. The first-order valence-corrected chi connectivity index (χ1v) is 13.3. The van der Waals surface area contributed by atoms with Crippen molar-refractivity contribution in [3.63, 3.8) is 0 Å². The van der Waals surface area contributed by atoms with E-state index < -0.39 is 10.8 Å². The molecule has 1 aliphatic rings. The van der Waals surface area contributed by atoms with Crippen molar-refractivity contribution in [1.29, 1.82) is 0 Å². The summed E-state index contributed by atoms with van der Waals surface area (Å²) in [5.41, 5.74) is 2.56. The van der Waals surface area contributed by atoms with Gasteiger partial charge in [0.15, 0.2) is 5.76 Å². The number of ether oxygens (including phenoxy) is 1. The molecule has 2 heterocycles. The van der Waals surface area contributed by atoms with Gasteiger partial charge in [-0.05, 0) is 54.1 Å². The van der Waals surface area contributed by atoms with Gasteiger partial charge in [0, 0.05) is 43.4 Å². The van der Waals surface area contributed by atoms with Gasteiger partial charge in [-0.15, -0.1) is 0 Å². The van der Waals surface area contributed by atoms with Crippen molar-refractivity contribution in [2.24, 2.45) is 0 Å². The standard InChI is InChI=1S/C29H26Cl2N4O5/c1-39-21-7-8-22(26(17-21)35(37)38)27-10-11-28(40-27)29(36)32-20-6-9-25(24(31)16-20)34-14-12-33(13-15-34)18-19-4-2-3-5-23(19)30/h2-11,16-17H,12-15,18H2,1H3,(H,32,36). The van der Waals surface area contributed by atoms with Crippen LogP contribution in [0, 0.1) is 10.1 Å². The largest absolute Gasteiger partial charge is 0.497 e. The molecule has 9 nitrogen and oxygen atoms in total. The number of halogens is 2. The maximum absolute atomic E-state index is 12.9. The van der Waals surface area contributed by atoms with Gasteiger partial charge < -0.3 is 19.4 Å². The van der Waals surface area contributed by atoms with Crippen LogP contribution >= 0.6 is 23.2 Å². The molecule has 40 heavy (non-hydrogen) atoms. The SMILES string of the molecule is COc1ccc(-c2ccc(C(=O)Nc3ccc(N4CCN(Cc5ccccc5Cl)CC4)c(Cl)c3)o2)c([N+](=O)[O-])c1. The van der Waals surface area contributed by atoms with Gasteiger partial charge in [-0.2, -0.15) is 0 Å². The Kier molecular flexibility index (Phi) is 8.25. The van der Waals surface area contributed by atoms with E-state index in [1.54, 1.807) is 18.2 Å². The average molecular weight is 581 g/mol. The molecule has 0 atom stereocenters. The van der Waals surface area contributed by atoms with Crippen molar-refractivity contribution in [1.82, 2.24) is 4.90 Å². The molecule has 1 fully saturated rings. The number of carbonyl (C=O) groups is 1. The highest BCUT2D eigenvalue weighted by Crippen LogP contribution is 2.35. The Morgan fingerprint density at radius 1 is 1.00 bits per heavy atom. The lowest BCUT2D eigenvalue weighted by Gasteiger charge is -2.36. The first-order chi connectivity index (χ1) is 19.3. The number of nitro groups is 1. The molecule has 5 rings (SSSR count). The van der Waals surface area contributed by atoms with Crippen LogP contribution in [0.1, 0.15) is 16.1 Å². The summed E-state index contributed by atoms with van der Waals surface area (Å²) in [5.74, 6) is 0.0511. The van der Waals surface area contributed by atoms with E-state index in [2.05, 4.69) is 15.1 Å². The van der Waals surface area contributed by atoms with Gasteiger partial charge in [-0.25, -0.2) is 0 Å². The second-order valence-corrected chi connectivity index (χ2v) is 10.1. The van der Waals surface area contributed by atoms with E-state index in [0.717, 1.165) is 49.0 Å². The molecule has 1 aromatic heterocycles. The number of benzene rings is 3. The molecule has 3 aromatic carbocycles. The zero-order valence-corrected chi connectivity index (χ0v) is 23.1. The van der Waals surface area contributed by atoms with Crippen molar-refractivity contribution in [2.45, 2.75) is 6.54 Å². The van der Waals surface area contributed by atoms with Gasteiger partial charge in [0.2, 0.25) is 0 Å². The molecule has 1 aliphatic heterocycles. The zero-order valence-electron chi connectivity index (χ0n) is 21.6. The Bertz CT molecular complexity index is 1550. The van der Waals surface area contributed by atoms with Crippen LogP contribution in [0.5, 0.6) is 5.75 Å². The van der Waals surface area contributed by atoms with E-state index in [4.69, 9.17) is 32.4 Å². The maximum Gasteiger partial charge on any atom is 0.291 e. The van der Waals surface area contributed by atoms with Crippen molar-refractivity contribution < 1.29 is 18.9 Å². The summed E-state index contributed by atoms with van der Waals surface area (Å²) in [5, 5.41) is 15.6. The van der Waals surface area contributed by atoms with Crippen LogP contribution in [0.15, 0.2) is 77.2 Å². The molecule has 1 N–H and O–H groups in total. The third-order valence-electron chi connectivity index (χ3n) is 6.77. The Balaban J connectivity index is 1.22. The lowest BCUT2D eigenvalue weighted by Crippen LogP contribution is -2.46. The van der Waals surface area contributed by atoms with Crippen LogP contribution in [-0.2, 0) is 6.54 Å². The monoisotopic (exact) mass is 580 g/mol. The van der Waals surface area contributed by atoms with Crippen LogP contribution < -0.4 is 15.0 Å². The van der Waals surface area contributed by atoms with E-state index in [1.165, 1.54) is 31.4 Å². The summed E-state index contributed by atoms with van der Waals surface area (Å²) < 4.78 is 10.7.